The van der Waals surface area contributed by atoms with Gasteiger partial charge in [0.25, 0.3) is 0 Å². The van der Waals surface area contributed by atoms with Gasteiger partial charge in [-0.3, -0.25) is 4.68 Å². The standard InChI is InChI=1S/C8H10ClF3N2O/c1-7(2,15)6-4(9)5(8(10,11)12)13-14(6)3/h15H,1-3H3. The molecule has 0 unspecified atom stereocenters. The molecule has 0 aliphatic heterocycles. The molecule has 1 heterocycles. The molecule has 1 N–H and O–H groups in total. The molecule has 86 valence electrons. The zero-order valence-electron chi connectivity index (χ0n) is 8.35. The molecule has 1 rings (SSSR count). The molecule has 0 atom stereocenters. The summed E-state index contributed by atoms with van der Waals surface area (Å²) in [6.45, 7) is 2.69. The fourth-order valence-corrected chi connectivity index (χ4v) is 1.84. The molecular weight excluding hydrogens is 233 g/mol. The summed E-state index contributed by atoms with van der Waals surface area (Å²) in [6, 6.07) is 0. The predicted octanol–water partition coefficient (Wildman–Crippen LogP) is 2.32. The Morgan fingerprint density at radius 1 is 1.33 bits per heavy atom. The molecule has 0 aliphatic carbocycles. The number of hydrogen-bond donors (Lipinski definition) is 1. The Bertz CT molecular complexity index is 378. The monoisotopic (exact) mass is 242 g/mol. The number of aryl methyl sites for hydroxylation is 1. The highest BCUT2D eigenvalue weighted by molar-refractivity contribution is 6.32. The summed E-state index contributed by atoms with van der Waals surface area (Å²) in [4.78, 5) is 0. The van der Waals surface area contributed by atoms with Crippen LogP contribution in [0.3, 0.4) is 0 Å². The summed E-state index contributed by atoms with van der Waals surface area (Å²) in [6.07, 6.45) is -4.61. The molecule has 0 spiro atoms. The molecule has 1 aromatic rings. The summed E-state index contributed by atoms with van der Waals surface area (Å²) in [5.74, 6) is 0. The number of nitrogens with zero attached hydrogens (tertiary/aromatic N) is 2. The predicted molar refractivity (Wildman–Crippen MR) is 48.5 cm³/mol. The van der Waals surface area contributed by atoms with Crippen molar-refractivity contribution in [2.24, 2.45) is 7.05 Å². The van der Waals surface area contributed by atoms with Gasteiger partial charge in [-0.25, -0.2) is 0 Å². The third kappa shape index (κ3) is 2.26. The SMILES string of the molecule is Cn1nc(C(F)(F)F)c(Cl)c1C(C)(C)O. The molecule has 0 saturated heterocycles. The van der Waals surface area contributed by atoms with Crippen molar-refractivity contribution in [3.63, 3.8) is 0 Å². The first kappa shape index (κ1) is 12.3. The maximum absolute atomic E-state index is 12.4. The second-order valence-electron chi connectivity index (χ2n) is 3.69. The van der Waals surface area contributed by atoms with Crippen LogP contribution < -0.4 is 0 Å². The minimum Gasteiger partial charge on any atom is -0.384 e. The highest BCUT2D eigenvalue weighted by Gasteiger charge is 2.40. The van der Waals surface area contributed by atoms with Crippen LogP contribution in [0.25, 0.3) is 0 Å². The maximum Gasteiger partial charge on any atom is 0.436 e. The van der Waals surface area contributed by atoms with Crippen molar-refractivity contribution in [2.45, 2.75) is 25.6 Å². The Morgan fingerprint density at radius 3 is 2.00 bits per heavy atom. The molecule has 0 fully saturated rings. The van der Waals surface area contributed by atoms with E-state index >= 15 is 0 Å². The van der Waals surface area contributed by atoms with Gasteiger partial charge in [-0.05, 0) is 13.8 Å². The first-order valence-electron chi connectivity index (χ1n) is 4.07. The molecule has 0 amide bonds. The molecule has 0 aliphatic rings. The minimum absolute atomic E-state index is 0.0588. The second kappa shape index (κ2) is 3.38. The van der Waals surface area contributed by atoms with E-state index in [0.717, 1.165) is 4.68 Å². The van der Waals surface area contributed by atoms with Crippen LogP contribution >= 0.6 is 11.6 Å². The maximum atomic E-state index is 12.4. The van der Waals surface area contributed by atoms with Crippen molar-refractivity contribution in [1.82, 2.24) is 9.78 Å². The zero-order chi connectivity index (χ0) is 12.0. The zero-order valence-corrected chi connectivity index (χ0v) is 9.11. The number of hydrogen-bond acceptors (Lipinski definition) is 2. The van der Waals surface area contributed by atoms with E-state index in [1.807, 2.05) is 0 Å². The molecule has 15 heavy (non-hydrogen) atoms. The Labute approximate surface area is 89.5 Å². The summed E-state index contributed by atoms with van der Waals surface area (Å²) in [5, 5.41) is 12.3. The van der Waals surface area contributed by atoms with Crippen LogP contribution in [0.15, 0.2) is 0 Å². The van der Waals surface area contributed by atoms with Gasteiger partial charge in [0.05, 0.1) is 10.7 Å². The van der Waals surface area contributed by atoms with Crippen LogP contribution in [0, 0.1) is 0 Å². The summed E-state index contributed by atoms with van der Waals surface area (Å²) in [5.41, 5.74) is -2.71. The second-order valence-corrected chi connectivity index (χ2v) is 4.07. The van der Waals surface area contributed by atoms with Crippen molar-refractivity contribution < 1.29 is 18.3 Å². The lowest BCUT2D eigenvalue weighted by molar-refractivity contribution is -0.141. The minimum atomic E-state index is -4.61. The molecule has 1 aromatic heterocycles. The van der Waals surface area contributed by atoms with Crippen LogP contribution in [0.4, 0.5) is 13.2 Å². The molecule has 3 nitrogen and oxygen atoms in total. The van der Waals surface area contributed by atoms with Crippen molar-refractivity contribution in [1.29, 1.82) is 0 Å². The van der Waals surface area contributed by atoms with Gasteiger partial charge in [-0.1, -0.05) is 11.6 Å². The van der Waals surface area contributed by atoms with Crippen molar-refractivity contribution >= 4 is 11.6 Å². The van der Waals surface area contributed by atoms with Crippen LogP contribution in [0.2, 0.25) is 5.02 Å². The van der Waals surface area contributed by atoms with E-state index in [9.17, 15) is 18.3 Å². The Hall–Kier alpha value is -0.750. The lowest BCUT2D eigenvalue weighted by atomic mass is 10.1. The van der Waals surface area contributed by atoms with Gasteiger partial charge in [0, 0.05) is 7.05 Å². The van der Waals surface area contributed by atoms with Crippen molar-refractivity contribution in [3.05, 3.63) is 16.4 Å². The number of rotatable bonds is 1. The average molecular weight is 243 g/mol. The largest absolute Gasteiger partial charge is 0.436 e. The van der Waals surface area contributed by atoms with Gasteiger partial charge >= 0.3 is 6.18 Å². The summed E-state index contributed by atoms with van der Waals surface area (Å²) in [7, 11) is 1.30. The first-order chi connectivity index (χ1) is 6.55. The van der Waals surface area contributed by atoms with Gasteiger partial charge in [-0.2, -0.15) is 18.3 Å². The van der Waals surface area contributed by atoms with Crippen molar-refractivity contribution in [3.8, 4) is 0 Å². The lowest BCUT2D eigenvalue weighted by Gasteiger charge is -2.17. The number of aromatic nitrogens is 2. The van der Waals surface area contributed by atoms with Gasteiger partial charge in [0.15, 0.2) is 5.69 Å². The van der Waals surface area contributed by atoms with Crippen LogP contribution in [-0.2, 0) is 18.8 Å². The smallest absolute Gasteiger partial charge is 0.384 e. The topological polar surface area (TPSA) is 38.0 Å². The van der Waals surface area contributed by atoms with E-state index in [4.69, 9.17) is 11.6 Å². The van der Waals surface area contributed by atoms with E-state index in [1.54, 1.807) is 0 Å². The quantitative estimate of drug-likeness (QED) is 0.821. The number of halogens is 4. The molecule has 7 heteroatoms. The Kier molecular flexibility index (Phi) is 2.78. The molecule has 0 bridgehead atoms. The Balaban J connectivity index is 3.41. The van der Waals surface area contributed by atoms with Gasteiger partial charge < -0.3 is 5.11 Å². The molecule has 0 radical (unpaired) electrons. The molecule has 0 saturated carbocycles. The van der Waals surface area contributed by atoms with Gasteiger partial charge in [0.2, 0.25) is 0 Å². The van der Waals surface area contributed by atoms with E-state index in [1.165, 1.54) is 20.9 Å². The highest BCUT2D eigenvalue weighted by Crippen LogP contribution is 2.38. The molecule has 0 aromatic carbocycles. The molecular formula is C8H10ClF3N2O. The van der Waals surface area contributed by atoms with E-state index < -0.39 is 22.5 Å². The summed E-state index contributed by atoms with van der Waals surface area (Å²) >= 11 is 5.54. The van der Waals surface area contributed by atoms with E-state index in [-0.39, 0.29) is 5.69 Å². The van der Waals surface area contributed by atoms with Crippen molar-refractivity contribution in [2.75, 3.05) is 0 Å². The fourth-order valence-electron chi connectivity index (χ4n) is 1.34. The van der Waals surface area contributed by atoms with Crippen LogP contribution in [-0.4, -0.2) is 14.9 Å². The highest BCUT2D eigenvalue weighted by atomic mass is 35.5. The average Bonchev–Trinajstić information content (AvgIpc) is 2.22. The Morgan fingerprint density at radius 2 is 1.80 bits per heavy atom. The fraction of sp³-hybridized carbons (Fsp3) is 0.625. The third-order valence-corrected chi connectivity index (χ3v) is 2.20. The normalized spacial score (nSPS) is 13.3. The van der Waals surface area contributed by atoms with E-state index in [2.05, 4.69) is 5.10 Å². The van der Waals surface area contributed by atoms with Crippen LogP contribution in [0.5, 0.6) is 0 Å². The van der Waals surface area contributed by atoms with Gasteiger partial charge in [0.1, 0.15) is 5.60 Å². The lowest BCUT2D eigenvalue weighted by Crippen LogP contribution is -2.20. The van der Waals surface area contributed by atoms with E-state index in [0.29, 0.717) is 0 Å². The van der Waals surface area contributed by atoms with Crippen LogP contribution in [0.1, 0.15) is 25.2 Å². The van der Waals surface area contributed by atoms with Gasteiger partial charge in [-0.15, -0.1) is 0 Å². The first-order valence-corrected chi connectivity index (χ1v) is 4.45. The third-order valence-electron chi connectivity index (χ3n) is 1.84. The number of aliphatic hydroxyl groups is 1. The number of alkyl halides is 3. The summed E-state index contributed by atoms with van der Waals surface area (Å²) < 4.78 is 38.1.